The third kappa shape index (κ3) is 9.44. The van der Waals surface area contributed by atoms with Crippen molar-refractivity contribution < 1.29 is 33.8 Å². The minimum atomic E-state index is -1.36. The molecule has 4 amide bonds. The van der Waals surface area contributed by atoms with Gasteiger partial charge in [-0.2, -0.15) is 9.97 Å². The van der Waals surface area contributed by atoms with Crippen molar-refractivity contribution in [2.24, 2.45) is 11.7 Å². The van der Waals surface area contributed by atoms with Gasteiger partial charge in [0.2, 0.25) is 11.8 Å². The number of amides is 4. The number of nitrogen functional groups attached to an aromatic ring is 1. The van der Waals surface area contributed by atoms with E-state index in [1.165, 1.54) is 0 Å². The van der Waals surface area contributed by atoms with Crippen molar-refractivity contribution in [3.8, 4) is 18.4 Å². The number of hydrogen-bond donors (Lipinski definition) is 6. The molecule has 2 aromatic rings. The molecule has 17 heteroatoms. The fourth-order valence-corrected chi connectivity index (χ4v) is 4.15. The molecule has 0 fully saturated rings. The van der Waals surface area contributed by atoms with Gasteiger partial charge in [-0.3, -0.25) is 23.7 Å². The van der Waals surface area contributed by atoms with Gasteiger partial charge in [0.1, 0.15) is 17.6 Å². The number of unbranched alkanes of at least 4 members (excludes halogenated alkanes) is 1. The molecule has 0 saturated carbocycles. The molecule has 0 spiro atoms. The van der Waals surface area contributed by atoms with Crippen LogP contribution in [0.1, 0.15) is 64.1 Å². The summed E-state index contributed by atoms with van der Waals surface area (Å²) >= 11 is 0. The minimum Gasteiger partial charge on any atom is -0.481 e. The highest BCUT2D eigenvalue weighted by atomic mass is 16.5. The average Bonchev–Trinajstić information content (AvgIpc) is 3.23. The number of primary amides is 1. The van der Waals surface area contributed by atoms with Gasteiger partial charge in [0.15, 0.2) is 11.5 Å². The predicted molar refractivity (Wildman–Crippen MR) is 158 cm³/mol. The van der Waals surface area contributed by atoms with Gasteiger partial charge in [-0.1, -0.05) is 33.1 Å². The summed E-state index contributed by atoms with van der Waals surface area (Å²) in [5.74, 6) is -1.90. The lowest BCUT2D eigenvalue weighted by Crippen LogP contribution is -2.55. The molecule has 2 rings (SSSR count). The van der Waals surface area contributed by atoms with E-state index in [0.717, 1.165) is 15.6 Å². The van der Waals surface area contributed by atoms with Crippen molar-refractivity contribution in [3.63, 3.8) is 0 Å². The average molecular weight is 618 g/mol. The quantitative estimate of drug-likeness (QED) is 0.0980. The summed E-state index contributed by atoms with van der Waals surface area (Å²) in [6.07, 6.45) is 6.30. The molecule has 0 aliphatic rings. The van der Waals surface area contributed by atoms with Crippen molar-refractivity contribution in [1.29, 1.82) is 0 Å². The maximum Gasteiger partial charge on any atom is 0.338 e. The molecule has 0 unspecified atom stereocenters. The molecular weight excluding hydrogens is 578 g/mol. The van der Waals surface area contributed by atoms with Gasteiger partial charge in [-0.25, -0.2) is 14.2 Å². The summed E-state index contributed by atoms with van der Waals surface area (Å²) in [7, 11) is 0. The van der Waals surface area contributed by atoms with Gasteiger partial charge >= 0.3 is 23.7 Å². The van der Waals surface area contributed by atoms with E-state index in [1.807, 2.05) is 6.92 Å². The first-order valence-electron chi connectivity index (χ1n) is 14.1. The molecule has 8 N–H and O–H groups in total. The summed E-state index contributed by atoms with van der Waals surface area (Å²) in [5, 5.41) is 16.3. The Labute approximate surface area is 253 Å². The van der Waals surface area contributed by atoms with E-state index in [-0.39, 0.29) is 62.0 Å². The molecule has 240 valence electrons. The van der Waals surface area contributed by atoms with E-state index in [9.17, 15) is 28.8 Å². The summed E-state index contributed by atoms with van der Waals surface area (Å²) in [6.45, 7) is 5.33. The lowest BCUT2D eigenvalue weighted by atomic mass is 10.0. The van der Waals surface area contributed by atoms with Gasteiger partial charge < -0.3 is 37.3 Å². The van der Waals surface area contributed by atoms with Crippen LogP contribution >= 0.6 is 0 Å². The van der Waals surface area contributed by atoms with E-state index in [0.29, 0.717) is 6.42 Å². The SMILES string of the molecule is C#CCn1c(=O)n(C(=O)[C@H](CCCNC(N)=O)NC(=O)[C@@H](NC(=O)CCC(=O)O)C(C)C)c2c(N)nc(OCCCC)nc21. The Hall–Kier alpha value is -5.14. The first-order valence-corrected chi connectivity index (χ1v) is 14.1. The van der Waals surface area contributed by atoms with E-state index in [4.69, 9.17) is 27.7 Å². The second-order valence-corrected chi connectivity index (χ2v) is 10.2. The highest BCUT2D eigenvalue weighted by molar-refractivity contribution is 5.99. The Bertz CT molecular complexity index is 1470. The summed E-state index contributed by atoms with van der Waals surface area (Å²) in [6, 6.07) is -3.42. The molecule has 2 heterocycles. The summed E-state index contributed by atoms with van der Waals surface area (Å²) in [4.78, 5) is 83.5. The van der Waals surface area contributed by atoms with Crippen LogP contribution in [0, 0.1) is 18.3 Å². The van der Waals surface area contributed by atoms with Crippen LogP contribution in [-0.2, 0) is 20.9 Å². The zero-order valence-electron chi connectivity index (χ0n) is 24.9. The normalized spacial score (nSPS) is 12.2. The fraction of sp³-hybridized carbons (Fsp3) is 0.556. The van der Waals surface area contributed by atoms with E-state index < -0.39 is 59.8 Å². The van der Waals surface area contributed by atoms with Crippen LogP contribution in [0.15, 0.2) is 4.79 Å². The number of rotatable bonds is 17. The standard InChI is InChI=1S/C27H39N9O8/c1-5-7-14-44-26-33-21(28)20-22(34-26)35(13-6-2)27(43)36(20)24(41)16(9-8-12-30-25(29)42)31-23(40)19(15(3)4)32-17(37)10-11-18(38)39/h2,15-16,19H,5,7-14H2,1,3-4H3,(H,31,40)(H,32,37)(H,38,39)(H2,28,33,34)(H3,29,30,42)/t16-,19-/m0/s1. The van der Waals surface area contributed by atoms with Crippen LogP contribution in [0.4, 0.5) is 10.6 Å². The van der Waals surface area contributed by atoms with Crippen molar-refractivity contribution in [1.82, 2.24) is 35.1 Å². The van der Waals surface area contributed by atoms with Gasteiger partial charge in [0.05, 0.1) is 19.6 Å². The number of anilines is 1. The first kappa shape index (κ1) is 35.1. The number of carbonyl (C=O) groups is 5. The van der Waals surface area contributed by atoms with Gasteiger partial charge in [0, 0.05) is 13.0 Å². The molecule has 0 bridgehead atoms. The van der Waals surface area contributed by atoms with Crippen molar-refractivity contribution >= 4 is 46.7 Å². The Kier molecular flexibility index (Phi) is 13.1. The van der Waals surface area contributed by atoms with Crippen LogP contribution in [0.2, 0.25) is 0 Å². The summed E-state index contributed by atoms with van der Waals surface area (Å²) in [5.41, 5.74) is 10.2. The lowest BCUT2D eigenvalue weighted by molar-refractivity contribution is -0.139. The van der Waals surface area contributed by atoms with Crippen LogP contribution < -0.4 is 37.8 Å². The molecule has 0 aromatic carbocycles. The molecule has 0 aliphatic heterocycles. The minimum absolute atomic E-state index is 0.0476. The number of aliphatic carboxylic acids is 1. The molecule has 2 aromatic heterocycles. The predicted octanol–water partition coefficient (Wildman–Crippen LogP) is -0.434. The number of carboxylic acid groups (broad SMARTS) is 1. The van der Waals surface area contributed by atoms with Crippen LogP contribution in [-0.4, -0.2) is 79.2 Å². The third-order valence-corrected chi connectivity index (χ3v) is 6.39. The van der Waals surface area contributed by atoms with Crippen molar-refractivity contribution in [2.75, 3.05) is 18.9 Å². The fourth-order valence-electron chi connectivity index (χ4n) is 4.15. The van der Waals surface area contributed by atoms with Crippen LogP contribution in [0.25, 0.3) is 11.2 Å². The Morgan fingerprint density at radius 3 is 2.41 bits per heavy atom. The number of terminal acetylenes is 1. The van der Waals surface area contributed by atoms with Gasteiger partial charge in [0.25, 0.3) is 5.91 Å². The van der Waals surface area contributed by atoms with Crippen LogP contribution in [0.5, 0.6) is 6.01 Å². The molecular formula is C27H39N9O8. The zero-order chi connectivity index (χ0) is 33.0. The number of hydrogen-bond acceptors (Lipinski definition) is 10. The Morgan fingerprint density at radius 1 is 1.11 bits per heavy atom. The molecule has 0 radical (unpaired) electrons. The topological polar surface area (TPSA) is 256 Å². The second-order valence-electron chi connectivity index (χ2n) is 10.2. The smallest absolute Gasteiger partial charge is 0.338 e. The second kappa shape index (κ2) is 16.5. The molecule has 2 atom stereocenters. The lowest BCUT2D eigenvalue weighted by Gasteiger charge is -2.25. The monoisotopic (exact) mass is 617 g/mol. The van der Waals surface area contributed by atoms with E-state index in [2.05, 4.69) is 31.8 Å². The Balaban J connectivity index is 2.52. The molecule has 0 aliphatic carbocycles. The largest absolute Gasteiger partial charge is 0.481 e. The number of aromatic nitrogens is 4. The van der Waals surface area contributed by atoms with Gasteiger partial charge in [-0.15, -0.1) is 6.42 Å². The number of carbonyl (C=O) groups excluding carboxylic acids is 4. The number of nitrogens with zero attached hydrogens (tertiary/aromatic N) is 4. The zero-order valence-corrected chi connectivity index (χ0v) is 24.9. The number of ether oxygens (including phenoxy) is 1. The maximum absolute atomic E-state index is 14.0. The van der Waals surface area contributed by atoms with E-state index >= 15 is 0 Å². The number of urea groups is 1. The first-order chi connectivity index (χ1) is 20.8. The molecule has 0 saturated heterocycles. The highest BCUT2D eigenvalue weighted by Crippen LogP contribution is 2.21. The van der Waals surface area contributed by atoms with Gasteiger partial charge in [-0.05, 0) is 25.2 Å². The third-order valence-electron chi connectivity index (χ3n) is 6.39. The number of imidazole rings is 1. The maximum atomic E-state index is 14.0. The highest BCUT2D eigenvalue weighted by Gasteiger charge is 2.32. The van der Waals surface area contributed by atoms with Crippen molar-refractivity contribution in [2.45, 2.75) is 77.9 Å². The number of fused-ring (bicyclic) bond motifs is 1. The van der Waals surface area contributed by atoms with E-state index in [1.54, 1.807) is 13.8 Å². The number of nitrogens with two attached hydrogens (primary N) is 2. The van der Waals surface area contributed by atoms with Crippen LogP contribution in [0.3, 0.4) is 0 Å². The Morgan fingerprint density at radius 2 is 1.82 bits per heavy atom. The summed E-state index contributed by atoms with van der Waals surface area (Å²) < 4.78 is 7.31. The number of nitrogens with one attached hydrogen (secondary N) is 3. The van der Waals surface area contributed by atoms with Crippen molar-refractivity contribution in [3.05, 3.63) is 10.5 Å². The number of carboxylic acids is 1. The molecule has 17 nitrogen and oxygen atoms in total. The molecule has 44 heavy (non-hydrogen) atoms.